The van der Waals surface area contributed by atoms with E-state index in [4.69, 9.17) is 47.7 Å². The second kappa shape index (κ2) is 27.8. The standard InChI is InChI=1S/C63H82O10/c1-60(2,3)48-16-22-51(23-17-48)63(52-24-18-49(19-25-52)61(4,5)6,53-26-20-50(21-27-53)62(7,8)9)54-28-30-55(31-29-54)71-45-42-68-39-36-67-38-41-70-44-47-73-59-15-11-12-56-57(59)13-10-14-58(56)72-46-43-69-40-37-66-35-34-65-33-32-64/h10-31,64H,32-47H2,1-9H3. The Morgan fingerprint density at radius 3 is 0.849 bits per heavy atom. The Kier molecular flexibility index (Phi) is 21.7. The van der Waals surface area contributed by atoms with Crippen LogP contribution in [0.1, 0.15) is 101 Å². The zero-order chi connectivity index (χ0) is 52.2. The highest BCUT2D eigenvalue weighted by Gasteiger charge is 2.39. The third kappa shape index (κ3) is 16.6. The maximum atomic E-state index is 8.73. The van der Waals surface area contributed by atoms with E-state index in [0.717, 1.165) is 28.0 Å². The first-order valence-electron chi connectivity index (χ1n) is 26.0. The molecule has 0 unspecified atom stereocenters. The summed E-state index contributed by atoms with van der Waals surface area (Å²) in [5.41, 5.74) is 8.24. The molecule has 0 aliphatic carbocycles. The van der Waals surface area contributed by atoms with E-state index < -0.39 is 5.41 Å². The van der Waals surface area contributed by atoms with Crippen molar-refractivity contribution in [3.63, 3.8) is 0 Å². The Labute approximate surface area is 436 Å². The molecule has 0 amide bonds. The molecule has 10 nitrogen and oxygen atoms in total. The van der Waals surface area contributed by atoms with Crippen LogP contribution in [0.15, 0.2) is 133 Å². The molecule has 6 aromatic carbocycles. The number of hydrogen-bond acceptors (Lipinski definition) is 10. The minimum Gasteiger partial charge on any atom is -0.491 e. The molecule has 0 fully saturated rings. The summed E-state index contributed by atoms with van der Waals surface area (Å²) in [4.78, 5) is 0. The molecule has 0 atom stereocenters. The summed E-state index contributed by atoms with van der Waals surface area (Å²) in [7, 11) is 0. The molecule has 6 rings (SSSR count). The number of aliphatic hydroxyl groups is 1. The van der Waals surface area contributed by atoms with Crippen LogP contribution in [0.5, 0.6) is 17.2 Å². The van der Waals surface area contributed by atoms with E-state index in [1.807, 2.05) is 36.4 Å². The van der Waals surface area contributed by atoms with E-state index in [9.17, 15) is 0 Å². The van der Waals surface area contributed by atoms with E-state index in [0.29, 0.717) is 99.1 Å². The maximum absolute atomic E-state index is 8.73. The third-order valence-corrected chi connectivity index (χ3v) is 12.9. The fraction of sp³-hybridized carbons (Fsp3) is 0.460. The van der Waals surface area contributed by atoms with Crippen LogP contribution >= 0.6 is 0 Å². The van der Waals surface area contributed by atoms with E-state index in [2.05, 4.69) is 159 Å². The summed E-state index contributed by atoms with van der Waals surface area (Å²) < 4.78 is 52.0. The van der Waals surface area contributed by atoms with Crippen LogP contribution in [0, 0.1) is 0 Å². The molecule has 0 saturated heterocycles. The molecular weight excluding hydrogens is 917 g/mol. The number of ether oxygens (including phenoxy) is 9. The monoisotopic (exact) mass is 999 g/mol. The van der Waals surface area contributed by atoms with Gasteiger partial charge >= 0.3 is 0 Å². The largest absolute Gasteiger partial charge is 0.491 e. The highest BCUT2D eigenvalue weighted by atomic mass is 16.6. The van der Waals surface area contributed by atoms with Crippen molar-refractivity contribution >= 4 is 10.8 Å². The van der Waals surface area contributed by atoms with Gasteiger partial charge in [0.2, 0.25) is 0 Å². The van der Waals surface area contributed by atoms with Gasteiger partial charge in [0.1, 0.15) is 37.1 Å². The first kappa shape index (κ1) is 57.0. The first-order chi connectivity index (χ1) is 35.1. The molecule has 394 valence electrons. The molecule has 10 heteroatoms. The number of benzene rings is 6. The minimum absolute atomic E-state index is 0.0120. The molecule has 0 aliphatic heterocycles. The highest BCUT2D eigenvalue weighted by molar-refractivity contribution is 5.93. The van der Waals surface area contributed by atoms with Crippen LogP contribution in [0.25, 0.3) is 10.8 Å². The van der Waals surface area contributed by atoms with Gasteiger partial charge in [0.05, 0.1) is 91.3 Å². The van der Waals surface area contributed by atoms with Gasteiger partial charge in [-0.15, -0.1) is 0 Å². The zero-order valence-corrected chi connectivity index (χ0v) is 45.1. The van der Waals surface area contributed by atoms with Crippen LogP contribution in [0.4, 0.5) is 0 Å². The molecule has 0 saturated carbocycles. The topological polar surface area (TPSA) is 103 Å². The Balaban J connectivity index is 0.940. The van der Waals surface area contributed by atoms with Gasteiger partial charge in [-0.3, -0.25) is 0 Å². The van der Waals surface area contributed by atoms with Gasteiger partial charge in [0, 0.05) is 10.8 Å². The number of fused-ring (bicyclic) bond motifs is 1. The van der Waals surface area contributed by atoms with E-state index in [1.165, 1.54) is 38.9 Å². The molecule has 6 aromatic rings. The average molecular weight is 999 g/mol. The molecule has 1 N–H and O–H groups in total. The van der Waals surface area contributed by atoms with Gasteiger partial charge in [-0.1, -0.05) is 172 Å². The van der Waals surface area contributed by atoms with Crippen molar-refractivity contribution < 1.29 is 47.7 Å². The second-order valence-electron chi connectivity index (χ2n) is 21.3. The molecule has 0 spiro atoms. The van der Waals surface area contributed by atoms with Crippen molar-refractivity contribution in [2.75, 3.05) is 106 Å². The van der Waals surface area contributed by atoms with Crippen molar-refractivity contribution in [2.24, 2.45) is 0 Å². The molecule has 0 aromatic heterocycles. The smallest absolute Gasteiger partial charge is 0.127 e. The Morgan fingerprint density at radius 2 is 0.548 bits per heavy atom. The fourth-order valence-electron chi connectivity index (χ4n) is 8.75. The molecular formula is C63H82O10. The SMILES string of the molecule is CC(C)(C)c1ccc(C(c2ccc(OCCOCCOCCOCCOc3cccc4c(OCCOCCOCCOCCO)cccc34)cc2)(c2ccc(C(C)(C)C)cc2)c2ccc(C(C)(C)C)cc2)cc1. The van der Waals surface area contributed by atoms with Crippen LogP contribution in [-0.2, 0) is 50.1 Å². The van der Waals surface area contributed by atoms with Crippen LogP contribution in [-0.4, -0.2) is 111 Å². The van der Waals surface area contributed by atoms with Gasteiger partial charge in [0.25, 0.3) is 0 Å². The molecule has 0 aliphatic rings. The summed E-state index contributed by atoms with van der Waals surface area (Å²) in [5.74, 6) is 2.33. The predicted octanol–water partition coefficient (Wildman–Crippen LogP) is 12.0. The van der Waals surface area contributed by atoms with Crippen molar-refractivity contribution in [1.82, 2.24) is 0 Å². The van der Waals surface area contributed by atoms with Crippen LogP contribution < -0.4 is 14.2 Å². The van der Waals surface area contributed by atoms with Gasteiger partial charge < -0.3 is 47.7 Å². The Bertz CT molecular complexity index is 2360. The summed E-state index contributed by atoms with van der Waals surface area (Å²) in [5, 5.41) is 10.7. The van der Waals surface area contributed by atoms with Gasteiger partial charge in [-0.2, -0.15) is 0 Å². The molecule has 0 radical (unpaired) electrons. The maximum Gasteiger partial charge on any atom is 0.127 e. The Hall–Kier alpha value is -5.30. The van der Waals surface area contributed by atoms with Crippen LogP contribution in [0.3, 0.4) is 0 Å². The van der Waals surface area contributed by atoms with Crippen molar-refractivity contribution in [1.29, 1.82) is 0 Å². The average Bonchev–Trinajstić information content (AvgIpc) is 3.37. The first-order valence-corrected chi connectivity index (χ1v) is 26.0. The highest BCUT2D eigenvalue weighted by Crippen LogP contribution is 2.47. The normalized spacial score (nSPS) is 12.4. The zero-order valence-electron chi connectivity index (χ0n) is 45.1. The van der Waals surface area contributed by atoms with Crippen LogP contribution in [0.2, 0.25) is 0 Å². The molecule has 73 heavy (non-hydrogen) atoms. The van der Waals surface area contributed by atoms with Gasteiger partial charge in [0.15, 0.2) is 0 Å². The lowest BCUT2D eigenvalue weighted by molar-refractivity contribution is 0.00367. The van der Waals surface area contributed by atoms with Gasteiger partial charge in [-0.25, -0.2) is 0 Å². The quantitative estimate of drug-likeness (QED) is 0.0347. The molecule has 0 heterocycles. The Morgan fingerprint density at radius 1 is 0.288 bits per heavy atom. The third-order valence-electron chi connectivity index (χ3n) is 12.9. The summed E-state index contributed by atoms with van der Waals surface area (Å²) >= 11 is 0. The lowest BCUT2D eigenvalue weighted by Gasteiger charge is -2.38. The summed E-state index contributed by atoms with van der Waals surface area (Å²) in [6.45, 7) is 27.0. The van der Waals surface area contributed by atoms with Crippen molar-refractivity contribution in [3.8, 4) is 17.2 Å². The summed E-state index contributed by atoms with van der Waals surface area (Å²) in [6.07, 6.45) is 0. The fourth-order valence-corrected chi connectivity index (χ4v) is 8.75. The number of aliphatic hydroxyl groups excluding tert-OH is 1. The second-order valence-corrected chi connectivity index (χ2v) is 21.3. The lowest BCUT2D eigenvalue weighted by atomic mass is 9.64. The number of rotatable bonds is 30. The predicted molar refractivity (Wildman–Crippen MR) is 293 cm³/mol. The van der Waals surface area contributed by atoms with Crippen molar-refractivity contribution in [3.05, 3.63) is 172 Å². The number of hydrogen-bond donors (Lipinski definition) is 1. The van der Waals surface area contributed by atoms with Gasteiger partial charge in [-0.05, 0) is 79.5 Å². The molecule has 0 bridgehead atoms. The summed E-state index contributed by atoms with van der Waals surface area (Å²) in [6, 6.07) is 48.2. The van der Waals surface area contributed by atoms with E-state index in [1.54, 1.807) is 0 Å². The van der Waals surface area contributed by atoms with E-state index >= 15 is 0 Å². The minimum atomic E-state index is -0.586. The van der Waals surface area contributed by atoms with Crippen molar-refractivity contribution in [2.45, 2.75) is 84.0 Å². The lowest BCUT2D eigenvalue weighted by Crippen LogP contribution is -2.31. The van der Waals surface area contributed by atoms with E-state index in [-0.39, 0.29) is 22.9 Å².